The lowest BCUT2D eigenvalue weighted by atomic mass is 9.83. The molecule has 0 aromatic heterocycles. The van der Waals surface area contributed by atoms with Crippen LogP contribution in [0.3, 0.4) is 0 Å². The molecule has 0 amide bonds. The topological polar surface area (TPSA) is 9.23 Å². The van der Waals surface area contributed by atoms with Crippen molar-refractivity contribution in [3.8, 4) is 0 Å². The summed E-state index contributed by atoms with van der Waals surface area (Å²) < 4.78 is 31.4. The summed E-state index contributed by atoms with van der Waals surface area (Å²) >= 11 is 5.93. The Hall–Kier alpha value is -0.670. The Morgan fingerprint density at radius 2 is 1.94 bits per heavy atom. The fourth-order valence-electron chi connectivity index (χ4n) is 2.09. The van der Waals surface area contributed by atoms with E-state index in [9.17, 15) is 8.78 Å². The van der Waals surface area contributed by atoms with Crippen LogP contribution in [0, 0.1) is 17.0 Å². The Morgan fingerprint density at radius 1 is 1.25 bits per heavy atom. The van der Waals surface area contributed by atoms with Gasteiger partial charge in [0.25, 0.3) is 0 Å². The van der Waals surface area contributed by atoms with E-state index >= 15 is 0 Å². The van der Waals surface area contributed by atoms with Crippen LogP contribution in [-0.2, 0) is 11.2 Å². The molecule has 1 heterocycles. The maximum absolute atomic E-state index is 13.0. The Morgan fingerprint density at radius 3 is 2.44 bits per heavy atom. The van der Waals surface area contributed by atoms with Crippen molar-refractivity contribution in [3.05, 3.63) is 35.4 Å². The van der Waals surface area contributed by atoms with Crippen LogP contribution in [0.2, 0.25) is 0 Å². The lowest BCUT2D eigenvalue weighted by Gasteiger charge is -2.24. The maximum atomic E-state index is 13.0. The average molecular weight is 247 g/mol. The summed E-state index contributed by atoms with van der Waals surface area (Å²) in [6.45, 7) is 1.24. The van der Waals surface area contributed by atoms with Gasteiger partial charge in [-0.25, -0.2) is 8.78 Å². The number of halogens is 3. The van der Waals surface area contributed by atoms with E-state index in [-0.39, 0.29) is 5.41 Å². The fourth-order valence-corrected chi connectivity index (χ4v) is 2.39. The molecule has 0 radical (unpaired) electrons. The Labute approximate surface area is 98.4 Å². The van der Waals surface area contributed by atoms with Crippen LogP contribution in [0.25, 0.3) is 0 Å². The van der Waals surface area contributed by atoms with Gasteiger partial charge in [0, 0.05) is 24.0 Å². The summed E-state index contributed by atoms with van der Waals surface area (Å²) in [5.74, 6) is -0.636. The second-order valence-corrected chi connectivity index (χ2v) is 4.66. The van der Waals surface area contributed by atoms with Gasteiger partial charge in [-0.2, -0.15) is 0 Å². The lowest BCUT2D eigenvalue weighted by molar-refractivity contribution is 0.161. The van der Waals surface area contributed by atoms with Crippen molar-refractivity contribution in [2.75, 3.05) is 19.1 Å². The first-order valence-electron chi connectivity index (χ1n) is 5.22. The van der Waals surface area contributed by atoms with Gasteiger partial charge in [-0.1, -0.05) is 0 Å². The van der Waals surface area contributed by atoms with E-state index in [1.54, 1.807) is 0 Å². The lowest BCUT2D eigenvalue weighted by Crippen LogP contribution is -2.26. The minimum absolute atomic E-state index is 0.165. The van der Waals surface area contributed by atoms with E-state index in [0.717, 1.165) is 12.5 Å². The van der Waals surface area contributed by atoms with Crippen molar-refractivity contribution in [1.82, 2.24) is 0 Å². The van der Waals surface area contributed by atoms with Crippen LogP contribution in [0.1, 0.15) is 12.0 Å². The molecule has 0 bridgehead atoms. The number of hydrogen-bond acceptors (Lipinski definition) is 1. The summed E-state index contributed by atoms with van der Waals surface area (Å²) in [5, 5.41) is 0. The van der Waals surface area contributed by atoms with Crippen molar-refractivity contribution < 1.29 is 13.5 Å². The second-order valence-electron chi connectivity index (χ2n) is 4.39. The molecular formula is C12H13ClF2O. The molecule has 0 N–H and O–H groups in total. The van der Waals surface area contributed by atoms with Crippen LogP contribution in [0.15, 0.2) is 18.2 Å². The number of hydrogen-bond donors (Lipinski definition) is 0. The normalized spacial score (nSPS) is 24.9. The van der Waals surface area contributed by atoms with Crippen LogP contribution >= 0.6 is 11.6 Å². The Balaban J connectivity index is 2.18. The van der Waals surface area contributed by atoms with Crippen molar-refractivity contribution >= 4 is 11.6 Å². The van der Waals surface area contributed by atoms with Gasteiger partial charge in [0.2, 0.25) is 0 Å². The van der Waals surface area contributed by atoms with Gasteiger partial charge in [0.15, 0.2) is 0 Å². The van der Waals surface area contributed by atoms with Gasteiger partial charge in [-0.05, 0) is 30.5 Å². The highest BCUT2D eigenvalue weighted by molar-refractivity contribution is 6.18. The third-order valence-electron chi connectivity index (χ3n) is 2.97. The predicted octanol–water partition coefficient (Wildman–Crippen LogP) is 3.15. The number of ether oxygens (including phenoxy) is 1. The highest BCUT2D eigenvalue weighted by Gasteiger charge is 2.34. The summed E-state index contributed by atoms with van der Waals surface area (Å²) in [6.07, 6.45) is 1.40. The molecule has 1 aromatic rings. The molecule has 1 fully saturated rings. The molecule has 1 aromatic carbocycles. The summed E-state index contributed by atoms with van der Waals surface area (Å²) in [4.78, 5) is 0. The van der Waals surface area contributed by atoms with Crippen LogP contribution in [-0.4, -0.2) is 19.1 Å². The molecule has 1 aliphatic heterocycles. The summed E-state index contributed by atoms with van der Waals surface area (Å²) in [6, 6.07) is 3.59. The van der Waals surface area contributed by atoms with E-state index in [1.807, 2.05) is 0 Å². The SMILES string of the molecule is Fc1cc(F)cc(CC2(CCl)CCOC2)c1. The Bertz CT molecular complexity index is 355. The molecule has 88 valence electrons. The van der Waals surface area contributed by atoms with Gasteiger partial charge in [0.05, 0.1) is 6.61 Å². The van der Waals surface area contributed by atoms with Crippen molar-refractivity contribution in [2.45, 2.75) is 12.8 Å². The summed E-state index contributed by atoms with van der Waals surface area (Å²) in [7, 11) is 0. The number of alkyl halides is 1. The third kappa shape index (κ3) is 2.53. The molecular weight excluding hydrogens is 234 g/mol. The molecule has 16 heavy (non-hydrogen) atoms. The first-order valence-corrected chi connectivity index (χ1v) is 5.76. The molecule has 4 heteroatoms. The van der Waals surface area contributed by atoms with Crippen molar-refractivity contribution in [2.24, 2.45) is 5.41 Å². The minimum Gasteiger partial charge on any atom is -0.381 e. The predicted molar refractivity (Wildman–Crippen MR) is 58.7 cm³/mol. The zero-order valence-corrected chi connectivity index (χ0v) is 9.57. The quantitative estimate of drug-likeness (QED) is 0.745. The van der Waals surface area contributed by atoms with Crippen LogP contribution in [0.4, 0.5) is 8.78 Å². The largest absolute Gasteiger partial charge is 0.381 e. The average Bonchev–Trinajstić information content (AvgIpc) is 2.65. The van der Waals surface area contributed by atoms with E-state index in [2.05, 4.69) is 0 Å². The van der Waals surface area contributed by atoms with E-state index in [4.69, 9.17) is 16.3 Å². The van der Waals surface area contributed by atoms with Gasteiger partial charge in [0.1, 0.15) is 11.6 Å². The van der Waals surface area contributed by atoms with Gasteiger partial charge in [-0.15, -0.1) is 11.6 Å². The Kier molecular flexibility index (Phi) is 3.45. The van der Waals surface area contributed by atoms with E-state index in [1.165, 1.54) is 12.1 Å². The highest BCUT2D eigenvalue weighted by Crippen LogP contribution is 2.34. The first-order chi connectivity index (χ1) is 7.63. The van der Waals surface area contributed by atoms with E-state index in [0.29, 0.717) is 31.1 Å². The molecule has 0 aliphatic carbocycles. The van der Waals surface area contributed by atoms with Crippen LogP contribution in [0.5, 0.6) is 0 Å². The van der Waals surface area contributed by atoms with Crippen molar-refractivity contribution in [1.29, 1.82) is 0 Å². The van der Waals surface area contributed by atoms with Gasteiger partial charge < -0.3 is 4.74 Å². The molecule has 0 spiro atoms. The number of benzene rings is 1. The molecule has 1 aliphatic rings. The third-order valence-corrected chi connectivity index (χ3v) is 3.54. The monoisotopic (exact) mass is 246 g/mol. The molecule has 1 atom stereocenters. The molecule has 0 saturated carbocycles. The van der Waals surface area contributed by atoms with Gasteiger partial charge in [-0.3, -0.25) is 0 Å². The van der Waals surface area contributed by atoms with Crippen molar-refractivity contribution in [3.63, 3.8) is 0 Å². The molecule has 1 nitrogen and oxygen atoms in total. The zero-order chi connectivity index (χ0) is 11.6. The standard InChI is InChI=1S/C12H13ClF2O/c13-7-12(1-2-16-8-12)6-9-3-10(14)5-11(15)4-9/h3-5H,1-2,6-8H2. The summed E-state index contributed by atoms with van der Waals surface area (Å²) in [5.41, 5.74) is 0.477. The van der Waals surface area contributed by atoms with E-state index < -0.39 is 11.6 Å². The highest BCUT2D eigenvalue weighted by atomic mass is 35.5. The molecule has 1 saturated heterocycles. The maximum Gasteiger partial charge on any atom is 0.126 e. The smallest absolute Gasteiger partial charge is 0.126 e. The van der Waals surface area contributed by atoms with Crippen LogP contribution < -0.4 is 0 Å². The second kappa shape index (κ2) is 4.68. The zero-order valence-electron chi connectivity index (χ0n) is 8.81. The first kappa shape index (κ1) is 11.8. The minimum atomic E-state index is -0.543. The molecule has 2 rings (SSSR count). The number of rotatable bonds is 3. The van der Waals surface area contributed by atoms with Gasteiger partial charge >= 0.3 is 0 Å². The fraction of sp³-hybridized carbons (Fsp3) is 0.500. The molecule has 1 unspecified atom stereocenters.